The van der Waals surface area contributed by atoms with E-state index in [-0.39, 0.29) is 17.0 Å². The zero-order valence-electron chi connectivity index (χ0n) is 23.2. The fourth-order valence-corrected chi connectivity index (χ4v) is 5.47. The van der Waals surface area contributed by atoms with Gasteiger partial charge in [0, 0.05) is 12.0 Å². The van der Waals surface area contributed by atoms with Crippen molar-refractivity contribution in [3.63, 3.8) is 0 Å². The Hall–Kier alpha value is -3.65. The molecule has 8 heteroatoms. The van der Waals surface area contributed by atoms with Crippen LogP contribution in [0.25, 0.3) is 0 Å². The van der Waals surface area contributed by atoms with E-state index in [1.807, 2.05) is 30.3 Å². The van der Waals surface area contributed by atoms with Crippen molar-refractivity contribution in [2.75, 3.05) is 5.32 Å². The van der Waals surface area contributed by atoms with Gasteiger partial charge in [0.05, 0.1) is 5.69 Å². The fraction of sp³-hybridized carbons (Fsp3) is 0.375. The van der Waals surface area contributed by atoms with E-state index < -0.39 is 21.8 Å². The molecule has 40 heavy (non-hydrogen) atoms. The molecule has 0 aromatic heterocycles. The minimum absolute atomic E-state index is 0.0975. The molecule has 0 saturated heterocycles. The molecule has 3 aromatic carbocycles. The molecule has 0 heterocycles. The van der Waals surface area contributed by atoms with Gasteiger partial charge in [-0.05, 0) is 48.4 Å². The maximum Gasteiger partial charge on any atom is 0.266 e. The van der Waals surface area contributed by atoms with Gasteiger partial charge in [-0.25, -0.2) is 13.1 Å². The number of unbranched alkanes of at least 4 members (excludes halogenated alkanes) is 8. The summed E-state index contributed by atoms with van der Waals surface area (Å²) in [6, 6.07) is 22.4. The van der Waals surface area contributed by atoms with Crippen LogP contribution in [0.3, 0.4) is 0 Å². The Balaban J connectivity index is 1.49. The third-order valence-corrected chi connectivity index (χ3v) is 7.98. The van der Waals surface area contributed by atoms with Gasteiger partial charge in [0.15, 0.2) is 0 Å². The minimum Gasteiger partial charge on any atom is -0.489 e. The molecule has 2 N–H and O–H groups in total. The molecule has 0 atom stereocenters. The van der Waals surface area contributed by atoms with Gasteiger partial charge in [-0.2, -0.15) is 0 Å². The second-order valence-corrected chi connectivity index (χ2v) is 11.5. The molecule has 0 fully saturated rings. The molecule has 0 unspecified atom stereocenters. The summed E-state index contributed by atoms with van der Waals surface area (Å²) in [6.07, 6.45) is 10.1. The third kappa shape index (κ3) is 10.5. The SMILES string of the molecule is CCCCCCCCCCCC(=O)NS(=O)(=O)c1ccccc1NC(=O)c1ccc(OCc2ccccc2)cc1. The summed E-state index contributed by atoms with van der Waals surface area (Å²) < 4.78 is 33.9. The van der Waals surface area contributed by atoms with Crippen molar-refractivity contribution in [1.29, 1.82) is 0 Å². The Morgan fingerprint density at radius 2 is 1.32 bits per heavy atom. The van der Waals surface area contributed by atoms with Crippen molar-refractivity contribution in [2.45, 2.75) is 82.6 Å². The van der Waals surface area contributed by atoms with Crippen molar-refractivity contribution >= 4 is 27.5 Å². The van der Waals surface area contributed by atoms with Gasteiger partial charge in [-0.1, -0.05) is 101 Å². The highest BCUT2D eigenvalue weighted by molar-refractivity contribution is 7.90. The van der Waals surface area contributed by atoms with E-state index in [9.17, 15) is 18.0 Å². The minimum atomic E-state index is -4.15. The number of carbonyl (C=O) groups excluding carboxylic acids is 2. The summed E-state index contributed by atoms with van der Waals surface area (Å²) in [4.78, 5) is 25.1. The molecule has 214 valence electrons. The van der Waals surface area contributed by atoms with Crippen LogP contribution in [0.5, 0.6) is 5.75 Å². The molecule has 0 spiro atoms. The largest absolute Gasteiger partial charge is 0.489 e. The highest BCUT2D eigenvalue weighted by Crippen LogP contribution is 2.22. The number of ether oxygens (including phenoxy) is 1. The van der Waals surface area contributed by atoms with Crippen molar-refractivity contribution in [3.8, 4) is 5.75 Å². The molecule has 0 saturated carbocycles. The standard InChI is InChI=1S/C32H40N2O5S/c1-2-3-4-5-6-7-8-9-13-20-31(35)34-40(37,38)30-19-15-14-18-29(30)33-32(36)27-21-23-28(24-22-27)39-25-26-16-11-10-12-17-26/h10-12,14-19,21-24H,2-9,13,20,25H2,1H3,(H,33,36)(H,34,35). The van der Waals surface area contributed by atoms with Crippen LogP contribution in [-0.4, -0.2) is 20.2 Å². The van der Waals surface area contributed by atoms with Gasteiger partial charge in [-0.15, -0.1) is 0 Å². The van der Waals surface area contributed by atoms with Crippen LogP contribution in [0.2, 0.25) is 0 Å². The predicted octanol–water partition coefficient (Wildman–Crippen LogP) is 7.24. The first-order chi connectivity index (χ1) is 19.4. The van der Waals surface area contributed by atoms with Crippen LogP contribution >= 0.6 is 0 Å². The van der Waals surface area contributed by atoms with Crippen molar-refractivity contribution in [3.05, 3.63) is 90.0 Å². The van der Waals surface area contributed by atoms with Gasteiger partial charge in [0.25, 0.3) is 15.9 Å². The third-order valence-electron chi connectivity index (χ3n) is 6.55. The average Bonchev–Trinajstić information content (AvgIpc) is 2.96. The summed E-state index contributed by atoms with van der Waals surface area (Å²) in [5, 5.41) is 2.66. The second-order valence-electron chi connectivity index (χ2n) is 9.86. The lowest BCUT2D eigenvalue weighted by Gasteiger charge is -2.13. The maximum atomic E-state index is 13.0. The molecule has 0 bridgehead atoms. The first-order valence-electron chi connectivity index (χ1n) is 14.1. The monoisotopic (exact) mass is 564 g/mol. The van der Waals surface area contributed by atoms with Crippen molar-refractivity contribution in [2.24, 2.45) is 0 Å². The molecule has 7 nitrogen and oxygen atoms in total. The molecule has 0 radical (unpaired) electrons. The second kappa shape index (κ2) is 16.5. The molecule has 3 aromatic rings. The van der Waals surface area contributed by atoms with Gasteiger partial charge >= 0.3 is 0 Å². The average molecular weight is 565 g/mol. The van der Waals surface area contributed by atoms with Crippen LogP contribution in [0.15, 0.2) is 83.8 Å². The topological polar surface area (TPSA) is 102 Å². The first kappa shape index (κ1) is 30.9. The Morgan fingerprint density at radius 3 is 2.00 bits per heavy atom. The normalized spacial score (nSPS) is 11.1. The van der Waals surface area contributed by atoms with E-state index >= 15 is 0 Å². The van der Waals surface area contributed by atoms with E-state index in [2.05, 4.69) is 17.0 Å². The molecule has 0 aliphatic carbocycles. The lowest BCUT2D eigenvalue weighted by Crippen LogP contribution is -2.31. The summed E-state index contributed by atoms with van der Waals surface area (Å²) in [5.41, 5.74) is 1.47. The lowest BCUT2D eigenvalue weighted by molar-refractivity contribution is -0.119. The number of carbonyl (C=O) groups is 2. The van der Waals surface area contributed by atoms with E-state index in [0.29, 0.717) is 24.3 Å². The number of sulfonamides is 1. The van der Waals surface area contributed by atoms with Crippen LogP contribution in [0, 0.1) is 0 Å². The molecule has 0 aliphatic rings. The van der Waals surface area contributed by atoms with Crippen LogP contribution in [0.1, 0.15) is 87.1 Å². The van der Waals surface area contributed by atoms with Crippen LogP contribution < -0.4 is 14.8 Å². The van der Waals surface area contributed by atoms with Crippen LogP contribution in [0.4, 0.5) is 5.69 Å². The van der Waals surface area contributed by atoms with E-state index in [4.69, 9.17) is 4.74 Å². The van der Waals surface area contributed by atoms with Gasteiger partial charge in [-0.3, -0.25) is 9.59 Å². The summed E-state index contributed by atoms with van der Waals surface area (Å²) in [6.45, 7) is 2.60. The Bertz CT molecular complexity index is 1310. The first-order valence-corrected chi connectivity index (χ1v) is 15.6. The number of benzene rings is 3. The zero-order valence-corrected chi connectivity index (χ0v) is 24.0. The fourth-order valence-electron chi connectivity index (χ4n) is 4.29. The number of rotatable bonds is 17. The highest BCUT2D eigenvalue weighted by atomic mass is 32.2. The lowest BCUT2D eigenvalue weighted by atomic mass is 10.1. The van der Waals surface area contributed by atoms with Gasteiger partial charge in [0.1, 0.15) is 17.3 Å². The number of nitrogens with one attached hydrogen (secondary N) is 2. The molecular formula is C32H40N2O5S. The van der Waals surface area contributed by atoms with Gasteiger partial charge in [0.2, 0.25) is 5.91 Å². The molecule has 2 amide bonds. The van der Waals surface area contributed by atoms with Crippen LogP contribution in [-0.2, 0) is 21.4 Å². The Kier molecular flexibility index (Phi) is 12.7. The molecule has 3 rings (SSSR count). The number of hydrogen-bond donors (Lipinski definition) is 2. The predicted molar refractivity (Wildman–Crippen MR) is 159 cm³/mol. The molecular weight excluding hydrogens is 524 g/mol. The maximum absolute atomic E-state index is 13.0. The summed E-state index contributed by atoms with van der Waals surface area (Å²) in [7, 11) is -4.15. The smallest absolute Gasteiger partial charge is 0.266 e. The van der Waals surface area contributed by atoms with Gasteiger partial charge < -0.3 is 10.1 Å². The molecule has 0 aliphatic heterocycles. The van der Waals surface area contributed by atoms with E-state index in [1.165, 1.54) is 44.2 Å². The highest BCUT2D eigenvalue weighted by Gasteiger charge is 2.22. The Labute approximate surface area is 238 Å². The summed E-state index contributed by atoms with van der Waals surface area (Å²) >= 11 is 0. The number of para-hydroxylation sites is 1. The van der Waals surface area contributed by atoms with Crippen molar-refractivity contribution < 1.29 is 22.7 Å². The number of amides is 2. The summed E-state index contributed by atoms with van der Waals surface area (Å²) in [5.74, 6) is -0.411. The number of anilines is 1. The number of hydrogen-bond acceptors (Lipinski definition) is 5. The van der Waals surface area contributed by atoms with E-state index in [0.717, 1.165) is 24.8 Å². The zero-order chi connectivity index (χ0) is 28.6. The quantitative estimate of drug-likeness (QED) is 0.168. The van der Waals surface area contributed by atoms with Crippen molar-refractivity contribution in [1.82, 2.24) is 4.72 Å². The Morgan fingerprint density at radius 1 is 0.725 bits per heavy atom. The van der Waals surface area contributed by atoms with E-state index in [1.54, 1.807) is 36.4 Å².